The van der Waals surface area contributed by atoms with Crippen LogP contribution >= 0.6 is 0 Å². The van der Waals surface area contributed by atoms with Crippen LogP contribution in [0.1, 0.15) is 12.0 Å². The van der Waals surface area contributed by atoms with Crippen molar-refractivity contribution in [1.82, 2.24) is 4.90 Å². The highest BCUT2D eigenvalue weighted by Gasteiger charge is 2.26. The Labute approximate surface area is 112 Å². The van der Waals surface area contributed by atoms with E-state index >= 15 is 0 Å². The second-order valence-corrected chi connectivity index (χ2v) is 5.00. The fourth-order valence-corrected chi connectivity index (χ4v) is 2.46. The van der Waals surface area contributed by atoms with Crippen molar-refractivity contribution >= 4 is 0 Å². The van der Waals surface area contributed by atoms with Gasteiger partial charge in [0, 0.05) is 25.6 Å². The Morgan fingerprint density at radius 3 is 2.89 bits per heavy atom. The molecular weight excluding hydrogens is 249 g/mol. The molecule has 0 radical (unpaired) electrons. The number of nitrogens with zero attached hydrogens (tertiary/aromatic N) is 1. The van der Waals surface area contributed by atoms with Crippen molar-refractivity contribution in [2.75, 3.05) is 26.8 Å². The number of piperidine rings is 1. The Bertz CT molecular complexity index is 427. The minimum absolute atomic E-state index is 0.0272. The lowest BCUT2D eigenvalue weighted by molar-refractivity contribution is -0.00445. The van der Waals surface area contributed by atoms with Crippen molar-refractivity contribution in [3.8, 4) is 5.75 Å². The van der Waals surface area contributed by atoms with E-state index in [1.807, 2.05) is 0 Å². The first-order chi connectivity index (χ1) is 9.13. The summed E-state index contributed by atoms with van der Waals surface area (Å²) in [6, 6.07) is 4.80. The summed E-state index contributed by atoms with van der Waals surface area (Å²) in [5.74, 6) is -0.160. The van der Waals surface area contributed by atoms with E-state index in [-0.39, 0.29) is 24.1 Å². The van der Waals surface area contributed by atoms with Gasteiger partial charge in [0.15, 0.2) is 11.6 Å². The highest BCUT2D eigenvalue weighted by atomic mass is 19.1. The summed E-state index contributed by atoms with van der Waals surface area (Å²) >= 11 is 0. The van der Waals surface area contributed by atoms with E-state index in [1.54, 1.807) is 12.1 Å². The van der Waals surface area contributed by atoms with Gasteiger partial charge in [0.2, 0.25) is 0 Å². The second-order valence-electron chi connectivity index (χ2n) is 5.00. The van der Waals surface area contributed by atoms with Gasteiger partial charge in [-0.2, -0.15) is 0 Å². The lowest BCUT2D eigenvalue weighted by Crippen LogP contribution is -2.44. The Morgan fingerprint density at radius 1 is 1.47 bits per heavy atom. The Kier molecular flexibility index (Phi) is 4.74. The number of methoxy groups -OCH3 is 1. The molecule has 4 nitrogen and oxygen atoms in total. The van der Waals surface area contributed by atoms with Crippen LogP contribution in [0.4, 0.5) is 4.39 Å². The molecule has 1 fully saturated rings. The molecule has 0 unspecified atom stereocenters. The highest BCUT2D eigenvalue weighted by molar-refractivity contribution is 5.30. The molecule has 19 heavy (non-hydrogen) atoms. The van der Waals surface area contributed by atoms with E-state index in [2.05, 4.69) is 4.90 Å². The predicted molar refractivity (Wildman–Crippen MR) is 69.4 cm³/mol. The molecule has 5 heteroatoms. The molecule has 0 aliphatic carbocycles. The molecule has 0 amide bonds. The zero-order valence-electron chi connectivity index (χ0n) is 11.1. The van der Waals surface area contributed by atoms with Gasteiger partial charge in [0.1, 0.15) is 0 Å². The molecule has 2 atom stereocenters. The SMILES string of the molecule is COc1cc(CN2CC[C@H](CO)[C@H](O)C2)ccc1F. The normalized spacial score (nSPS) is 24.4. The monoisotopic (exact) mass is 269 g/mol. The average molecular weight is 269 g/mol. The molecule has 0 bridgehead atoms. The third kappa shape index (κ3) is 3.43. The van der Waals surface area contributed by atoms with Gasteiger partial charge in [-0.25, -0.2) is 4.39 Å². The minimum atomic E-state index is -0.499. The smallest absolute Gasteiger partial charge is 0.165 e. The quantitative estimate of drug-likeness (QED) is 0.856. The van der Waals surface area contributed by atoms with Crippen LogP contribution in [-0.2, 0) is 6.54 Å². The fourth-order valence-electron chi connectivity index (χ4n) is 2.46. The van der Waals surface area contributed by atoms with E-state index in [0.29, 0.717) is 13.1 Å². The summed E-state index contributed by atoms with van der Waals surface area (Å²) < 4.78 is 18.3. The number of likely N-dealkylation sites (tertiary alicyclic amines) is 1. The van der Waals surface area contributed by atoms with Crippen molar-refractivity contribution in [2.45, 2.75) is 19.1 Å². The summed E-state index contributed by atoms with van der Waals surface area (Å²) in [7, 11) is 1.44. The maximum Gasteiger partial charge on any atom is 0.165 e. The lowest BCUT2D eigenvalue weighted by atomic mass is 9.94. The third-order valence-corrected chi connectivity index (χ3v) is 3.66. The first-order valence-electron chi connectivity index (χ1n) is 6.47. The van der Waals surface area contributed by atoms with Crippen LogP contribution in [0.25, 0.3) is 0 Å². The van der Waals surface area contributed by atoms with Crippen molar-refractivity contribution < 1.29 is 19.3 Å². The van der Waals surface area contributed by atoms with E-state index in [0.717, 1.165) is 18.5 Å². The van der Waals surface area contributed by atoms with Gasteiger partial charge in [0.05, 0.1) is 13.2 Å². The van der Waals surface area contributed by atoms with Crippen molar-refractivity contribution in [3.05, 3.63) is 29.6 Å². The zero-order valence-corrected chi connectivity index (χ0v) is 11.1. The van der Waals surface area contributed by atoms with Crippen LogP contribution in [0.2, 0.25) is 0 Å². The van der Waals surface area contributed by atoms with Crippen LogP contribution in [0.5, 0.6) is 5.75 Å². The summed E-state index contributed by atoms with van der Waals surface area (Å²) in [6.45, 7) is 2.03. The number of aliphatic hydroxyl groups excluding tert-OH is 2. The second kappa shape index (κ2) is 6.32. The molecule has 2 N–H and O–H groups in total. The Hall–Kier alpha value is -1.17. The fraction of sp³-hybridized carbons (Fsp3) is 0.571. The van der Waals surface area contributed by atoms with Crippen LogP contribution in [0, 0.1) is 11.7 Å². The summed E-state index contributed by atoms with van der Waals surface area (Å²) in [6.07, 6.45) is 0.275. The number of ether oxygens (including phenoxy) is 1. The topological polar surface area (TPSA) is 52.9 Å². The maximum absolute atomic E-state index is 13.3. The molecule has 1 aliphatic rings. The largest absolute Gasteiger partial charge is 0.494 e. The van der Waals surface area contributed by atoms with E-state index < -0.39 is 6.10 Å². The van der Waals surface area contributed by atoms with Gasteiger partial charge in [-0.1, -0.05) is 6.07 Å². The van der Waals surface area contributed by atoms with E-state index in [4.69, 9.17) is 9.84 Å². The number of β-amino-alcohol motifs (C(OH)–C–C–N with tert-alkyl or cyclic N) is 1. The molecule has 1 aromatic carbocycles. The standard InChI is InChI=1S/C14H20FNO3/c1-19-14-6-10(2-3-12(14)15)7-16-5-4-11(9-17)13(18)8-16/h2-3,6,11,13,17-18H,4-5,7-9H2,1H3/t11-,13-/m1/s1. The van der Waals surface area contributed by atoms with Crippen molar-refractivity contribution in [2.24, 2.45) is 5.92 Å². The Morgan fingerprint density at radius 2 is 2.26 bits per heavy atom. The number of hydrogen-bond donors (Lipinski definition) is 2. The van der Waals surface area contributed by atoms with Gasteiger partial charge in [0.25, 0.3) is 0 Å². The van der Waals surface area contributed by atoms with Crippen LogP contribution < -0.4 is 4.74 Å². The third-order valence-electron chi connectivity index (χ3n) is 3.66. The minimum Gasteiger partial charge on any atom is -0.494 e. The lowest BCUT2D eigenvalue weighted by Gasteiger charge is -2.35. The first kappa shape index (κ1) is 14.2. The number of halogens is 1. The van der Waals surface area contributed by atoms with Gasteiger partial charge in [-0.05, 0) is 30.7 Å². The van der Waals surface area contributed by atoms with Gasteiger partial charge in [-0.15, -0.1) is 0 Å². The highest BCUT2D eigenvalue weighted by Crippen LogP contribution is 2.22. The van der Waals surface area contributed by atoms with Crippen LogP contribution in [0.15, 0.2) is 18.2 Å². The summed E-state index contributed by atoms with van der Waals surface area (Å²) in [5, 5.41) is 19.0. The molecule has 2 rings (SSSR count). The number of hydrogen-bond acceptors (Lipinski definition) is 4. The molecule has 106 valence electrons. The van der Waals surface area contributed by atoms with Gasteiger partial charge < -0.3 is 14.9 Å². The molecule has 1 heterocycles. The summed E-state index contributed by atoms with van der Waals surface area (Å²) in [4.78, 5) is 2.10. The van der Waals surface area contributed by atoms with Crippen molar-refractivity contribution in [1.29, 1.82) is 0 Å². The molecular formula is C14H20FNO3. The van der Waals surface area contributed by atoms with E-state index in [1.165, 1.54) is 13.2 Å². The molecule has 1 saturated heterocycles. The molecule has 1 aliphatic heterocycles. The van der Waals surface area contributed by atoms with Crippen LogP contribution in [-0.4, -0.2) is 48.0 Å². The maximum atomic E-state index is 13.3. The summed E-state index contributed by atoms with van der Waals surface area (Å²) in [5.41, 5.74) is 0.952. The molecule has 0 saturated carbocycles. The zero-order chi connectivity index (χ0) is 13.8. The van der Waals surface area contributed by atoms with Gasteiger partial charge >= 0.3 is 0 Å². The van der Waals surface area contributed by atoms with E-state index in [9.17, 15) is 9.50 Å². The van der Waals surface area contributed by atoms with Gasteiger partial charge in [-0.3, -0.25) is 4.90 Å². The Balaban J connectivity index is 1.98. The molecule has 0 spiro atoms. The number of rotatable bonds is 4. The van der Waals surface area contributed by atoms with Crippen LogP contribution in [0.3, 0.4) is 0 Å². The van der Waals surface area contributed by atoms with Crippen molar-refractivity contribution in [3.63, 3.8) is 0 Å². The number of benzene rings is 1. The predicted octanol–water partition coefficient (Wildman–Crippen LogP) is 1.01. The number of aliphatic hydroxyl groups is 2. The molecule has 1 aromatic rings. The average Bonchev–Trinajstić information content (AvgIpc) is 2.41. The molecule has 0 aromatic heterocycles. The first-order valence-corrected chi connectivity index (χ1v) is 6.47.